The highest BCUT2D eigenvalue weighted by atomic mass is 35.5. The summed E-state index contributed by atoms with van der Waals surface area (Å²) >= 11 is 13.6. The molecule has 3 heterocycles. The summed E-state index contributed by atoms with van der Waals surface area (Å²) in [5.74, 6) is -1.99. The standard InChI is InChI=1S/C28H19Cl2N5O4S/c1-33-27(39)35(19-10-17(29)9-18(30)11-19)25(38)28(33)14-34(13-21(28)16-7-5-15(12-31)6-8-16)26-32-22-4-2-3-20(24(36)37)23(22)40-26/h2-11,21H,13-14H2,1H3,(H,36,37)/t21-,28+/m0/s1. The summed E-state index contributed by atoms with van der Waals surface area (Å²) in [6, 6.07) is 18.0. The van der Waals surface area contributed by atoms with Gasteiger partial charge in [-0.15, -0.1) is 0 Å². The van der Waals surface area contributed by atoms with E-state index < -0.39 is 29.4 Å². The van der Waals surface area contributed by atoms with Crippen LogP contribution in [-0.4, -0.2) is 58.6 Å². The van der Waals surface area contributed by atoms with E-state index in [0.717, 1.165) is 10.5 Å². The Bertz CT molecular complexity index is 1750. The number of rotatable bonds is 4. The van der Waals surface area contributed by atoms with Crippen LogP contribution in [0.1, 0.15) is 27.4 Å². The van der Waals surface area contributed by atoms with Crippen LogP contribution in [0.4, 0.5) is 15.6 Å². The summed E-state index contributed by atoms with van der Waals surface area (Å²) in [4.78, 5) is 49.0. The van der Waals surface area contributed by atoms with Gasteiger partial charge in [-0.1, -0.05) is 52.7 Å². The molecule has 1 aromatic heterocycles. The zero-order valence-corrected chi connectivity index (χ0v) is 23.2. The third-order valence-corrected chi connectivity index (χ3v) is 9.12. The molecule has 3 amide bonds. The lowest BCUT2D eigenvalue weighted by Crippen LogP contribution is -2.53. The number of halogens is 2. The van der Waals surface area contributed by atoms with E-state index in [-0.39, 0.29) is 27.8 Å². The van der Waals surface area contributed by atoms with E-state index in [0.29, 0.717) is 27.5 Å². The molecular weight excluding hydrogens is 573 g/mol. The van der Waals surface area contributed by atoms with E-state index in [1.165, 1.54) is 40.5 Å². The van der Waals surface area contributed by atoms with E-state index in [9.17, 15) is 24.8 Å². The van der Waals surface area contributed by atoms with Crippen LogP contribution in [0.15, 0.2) is 60.7 Å². The number of hydrogen-bond acceptors (Lipinski definition) is 7. The van der Waals surface area contributed by atoms with Crippen LogP contribution in [-0.2, 0) is 4.79 Å². The number of carbonyl (C=O) groups excluding carboxylic acids is 2. The molecule has 1 spiro atoms. The molecule has 0 bridgehead atoms. The molecule has 40 heavy (non-hydrogen) atoms. The van der Waals surface area contributed by atoms with Crippen molar-refractivity contribution in [3.63, 3.8) is 0 Å². The van der Waals surface area contributed by atoms with E-state index in [4.69, 9.17) is 28.2 Å². The Balaban J connectivity index is 1.49. The van der Waals surface area contributed by atoms with Crippen LogP contribution in [0.2, 0.25) is 10.0 Å². The van der Waals surface area contributed by atoms with Crippen LogP contribution < -0.4 is 9.80 Å². The summed E-state index contributed by atoms with van der Waals surface area (Å²) in [5.41, 5.74) is 0.859. The molecular formula is C28H19Cl2N5O4S. The number of benzene rings is 3. The smallest absolute Gasteiger partial charge is 0.337 e. The molecule has 0 unspecified atom stereocenters. The van der Waals surface area contributed by atoms with Crippen molar-refractivity contribution in [3.05, 3.63) is 87.4 Å². The van der Waals surface area contributed by atoms with E-state index in [1.54, 1.807) is 43.4 Å². The quantitative estimate of drug-likeness (QED) is 0.306. The molecule has 4 aromatic rings. The maximum Gasteiger partial charge on any atom is 0.337 e. The van der Waals surface area contributed by atoms with Crippen molar-refractivity contribution in [2.45, 2.75) is 11.5 Å². The zero-order chi connectivity index (χ0) is 28.3. The Morgan fingerprint density at radius 1 is 1.12 bits per heavy atom. The van der Waals surface area contributed by atoms with Gasteiger partial charge in [-0.05, 0) is 48.0 Å². The van der Waals surface area contributed by atoms with E-state index >= 15 is 0 Å². The fourth-order valence-electron chi connectivity index (χ4n) is 5.59. The van der Waals surface area contributed by atoms with Crippen LogP contribution in [0, 0.1) is 11.3 Å². The number of urea groups is 1. The maximum atomic E-state index is 14.4. The van der Waals surface area contributed by atoms with Crippen molar-refractivity contribution in [3.8, 4) is 6.07 Å². The number of imide groups is 1. The number of anilines is 2. The number of likely N-dealkylation sites (N-methyl/N-ethyl adjacent to an activating group) is 1. The minimum absolute atomic E-state index is 0.117. The Kier molecular flexibility index (Phi) is 6.18. The number of aromatic nitrogens is 1. The molecule has 0 radical (unpaired) electrons. The molecule has 12 heteroatoms. The summed E-state index contributed by atoms with van der Waals surface area (Å²) in [5, 5.41) is 20.1. The van der Waals surface area contributed by atoms with Gasteiger partial charge in [0, 0.05) is 29.6 Å². The molecule has 200 valence electrons. The number of fused-ring (bicyclic) bond motifs is 1. The van der Waals surface area contributed by atoms with Gasteiger partial charge in [0.2, 0.25) is 0 Å². The second kappa shape index (κ2) is 9.48. The number of aromatic carboxylic acids is 1. The molecule has 1 N–H and O–H groups in total. The molecule has 3 aromatic carbocycles. The van der Waals surface area contributed by atoms with Crippen molar-refractivity contribution in [2.75, 3.05) is 29.9 Å². The second-order valence-electron chi connectivity index (χ2n) is 9.66. The summed E-state index contributed by atoms with van der Waals surface area (Å²) in [6.45, 7) is 0.438. The van der Waals surface area contributed by atoms with Gasteiger partial charge in [0.15, 0.2) is 5.13 Å². The van der Waals surface area contributed by atoms with Gasteiger partial charge >= 0.3 is 12.0 Å². The van der Waals surface area contributed by atoms with Crippen LogP contribution in [0.5, 0.6) is 0 Å². The van der Waals surface area contributed by atoms with Crippen molar-refractivity contribution < 1.29 is 19.5 Å². The number of carboxylic acid groups (broad SMARTS) is 1. The first-order valence-corrected chi connectivity index (χ1v) is 13.7. The molecule has 2 fully saturated rings. The highest BCUT2D eigenvalue weighted by molar-refractivity contribution is 7.22. The summed E-state index contributed by atoms with van der Waals surface area (Å²) < 4.78 is 0.526. The highest BCUT2D eigenvalue weighted by Gasteiger charge is 2.64. The van der Waals surface area contributed by atoms with Crippen LogP contribution in [0.3, 0.4) is 0 Å². The topological polar surface area (TPSA) is 118 Å². The molecule has 2 aliphatic heterocycles. The first kappa shape index (κ1) is 26.1. The number of hydrogen-bond donors (Lipinski definition) is 1. The average molecular weight is 592 g/mol. The number of nitriles is 1. The van der Waals surface area contributed by atoms with Gasteiger partial charge in [0.1, 0.15) is 5.54 Å². The van der Waals surface area contributed by atoms with Crippen molar-refractivity contribution >= 4 is 73.5 Å². The number of thiazole rings is 1. The van der Waals surface area contributed by atoms with Gasteiger partial charge in [-0.25, -0.2) is 19.5 Å². The van der Waals surface area contributed by atoms with Gasteiger partial charge in [0.25, 0.3) is 5.91 Å². The highest BCUT2D eigenvalue weighted by Crippen LogP contribution is 2.48. The predicted octanol–water partition coefficient (Wildman–Crippen LogP) is 5.61. The first-order chi connectivity index (χ1) is 19.1. The molecule has 0 aliphatic carbocycles. The number of carboxylic acids is 1. The SMILES string of the molecule is CN1C(=O)N(c2cc(Cl)cc(Cl)c2)C(=O)[C@]12CN(c1nc3cccc(C(=O)O)c3s1)C[C@H]2c1ccc(C#N)cc1. The molecule has 6 rings (SSSR count). The van der Waals surface area contributed by atoms with Gasteiger partial charge in [0.05, 0.1) is 39.6 Å². The number of nitrogens with zero attached hydrogens (tertiary/aromatic N) is 5. The maximum absolute atomic E-state index is 14.4. The Hall–Kier alpha value is -4.17. The van der Waals surface area contributed by atoms with Crippen molar-refractivity contribution in [1.82, 2.24) is 9.88 Å². The third-order valence-electron chi connectivity index (χ3n) is 7.51. The van der Waals surface area contributed by atoms with Gasteiger partial charge in [-0.2, -0.15) is 5.26 Å². The average Bonchev–Trinajstić information content (AvgIpc) is 3.59. The minimum Gasteiger partial charge on any atom is -0.478 e. The van der Waals surface area contributed by atoms with Crippen LogP contribution >= 0.6 is 34.5 Å². The van der Waals surface area contributed by atoms with Gasteiger partial charge < -0.3 is 14.9 Å². The Morgan fingerprint density at radius 3 is 2.48 bits per heavy atom. The molecule has 2 saturated heterocycles. The van der Waals surface area contributed by atoms with Gasteiger partial charge in [-0.3, -0.25) is 4.79 Å². The molecule has 2 aliphatic rings. The summed E-state index contributed by atoms with van der Waals surface area (Å²) in [6.07, 6.45) is 0. The normalized spacial score (nSPS) is 20.6. The lowest BCUT2D eigenvalue weighted by atomic mass is 9.80. The van der Waals surface area contributed by atoms with Crippen LogP contribution in [0.25, 0.3) is 10.2 Å². The Morgan fingerprint density at radius 2 is 1.82 bits per heavy atom. The minimum atomic E-state index is -1.33. The monoisotopic (exact) mass is 591 g/mol. The predicted molar refractivity (Wildman–Crippen MR) is 153 cm³/mol. The fraction of sp³-hybridized carbons (Fsp3) is 0.179. The van der Waals surface area contributed by atoms with E-state index in [1.807, 2.05) is 4.90 Å². The zero-order valence-electron chi connectivity index (χ0n) is 20.8. The lowest BCUT2D eigenvalue weighted by Gasteiger charge is -2.33. The molecule has 0 saturated carbocycles. The van der Waals surface area contributed by atoms with E-state index in [2.05, 4.69) is 6.07 Å². The number of carbonyl (C=O) groups is 3. The largest absolute Gasteiger partial charge is 0.478 e. The van der Waals surface area contributed by atoms with Crippen molar-refractivity contribution in [1.29, 1.82) is 5.26 Å². The van der Waals surface area contributed by atoms with Crippen molar-refractivity contribution in [2.24, 2.45) is 0 Å². The fourth-order valence-corrected chi connectivity index (χ4v) is 7.18. The lowest BCUT2D eigenvalue weighted by molar-refractivity contribution is -0.124. The number of amides is 3. The third kappa shape index (κ3) is 3.89. The summed E-state index contributed by atoms with van der Waals surface area (Å²) in [7, 11) is 1.59. The Labute approximate surface area is 242 Å². The first-order valence-electron chi connectivity index (χ1n) is 12.1. The molecule has 9 nitrogen and oxygen atoms in total. The second-order valence-corrected chi connectivity index (χ2v) is 11.5. The molecule has 2 atom stereocenters.